The predicted molar refractivity (Wildman–Crippen MR) is 79.2 cm³/mol. The van der Waals surface area contributed by atoms with Crippen LogP contribution in [-0.2, 0) is 11.8 Å². The van der Waals surface area contributed by atoms with Gasteiger partial charge in [0, 0.05) is 25.4 Å². The quantitative estimate of drug-likeness (QED) is 0.829. The number of carbonyl (C=O) groups is 1. The molecule has 0 aliphatic heterocycles. The molecule has 108 valence electrons. The van der Waals surface area contributed by atoms with Gasteiger partial charge in [0.15, 0.2) is 5.69 Å². The number of para-hydroxylation sites is 1. The van der Waals surface area contributed by atoms with Gasteiger partial charge in [0.05, 0.1) is 18.2 Å². The molecule has 2 rings (SSSR count). The minimum atomic E-state index is -0.200. The summed E-state index contributed by atoms with van der Waals surface area (Å²) >= 11 is 5.73. The van der Waals surface area contributed by atoms with E-state index < -0.39 is 0 Å². The number of methoxy groups -OCH3 is 1. The summed E-state index contributed by atoms with van der Waals surface area (Å²) in [5.41, 5.74) is 1.36. The number of benzene rings is 1. The van der Waals surface area contributed by atoms with E-state index in [-0.39, 0.29) is 11.9 Å². The molecule has 20 heavy (non-hydrogen) atoms. The van der Waals surface area contributed by atoms with E-state index in [1.165, 1.54) is 0 Å². The van der Waals surface area contributed by atoms with Gasteiger partial charge in [-0.3, -0.25) is 9.48 Å². The predicted octanol–water partition coefficient (Wildman–Crippen LogP) is 1.95. The van der Waals surface area contributed by atoms with Gasteiger partial charge in [0.1, 0.15) is 0 Å². The lowest BCUT2D eigenvalue weighted by Crippen LogP contribution is -2.38. The lowest BCUT2D eigenvalue weighted by Gasteiger charge is -2.15. The van der Waals surface area contributed by atoms with Crippen molar-refractivity contribution in [3.8, 4) is 0 Å². The Morgan fingerprint density at radius 2 is 2.25 bits per heavy atom. The summed E-state index contributed by atoms with van der Waals surface area (Å²) in [5.74, 6) is 0.269. The Bertz CT molecular complexity index is 591. The third-order valence-electron chi connectivity index (χ3n) is 3.13. The summed E-state index contributed by atoms with van der Waals surface area (Å²) in [6.45, 7) is 0.434. The van der Waals surface area contributed by atoms with Crippen LogP contribution in [0.25, 0.3) is 10.9 Å². The number of amides is 1. The molecule has 0 aliphatic rings. The van der Waals surface area contributed by atoms with Crippen molar-refractivity contribution in [3.63, 3.8) is 0 Å². The highest BCUT2D eigenvalue weighted by atomic mass is 35.5. The average Bonchev–Trinajstić information content (AvgIpc) is 2.77. The van der Waals surface area contributed by atoms with Crippen LogP contribution in [-0.4, -0.2) is 41.3 Å². The molecule has 0 aliphatic carbocycles. The number of carbonyl (C=O) groups excluding carboxylic acids is 1. The fourth-order valence-electron chi connectivity index (χ4n) is 2.17. The van der Waals surface area contributed by atoms with Gasteiger partial charge in [-0.25, -0.2) is 0 Å². The molecule has 1 aromatic carbocycles. The van der Waals surface area contributed by atoms with E-state index in [9.17, 15) is 4.79 Å². The highest BCUT2D eigenvalue weighted by molar-refractivity contribution is 6.17. The third kappa shape index (κ3) is 3.11. The van der Waals surface area contributed by atoms with Crippen LogP contribution in [0.5, 0.6) is 0 Å². The zero-order valence-electron chi connectivity index (χ0n) is 11.6. The molecule has 1 unspecified atom stereocenters. The molecule has 1 N–H and O–H groups in total. The molecule has 0 spiro atoms. The maximum Gasteiger partial charge on any atom is 0.272 e. The minimum Gasteiger partial charge on any atom is -0.383 e. The van der Waals surface area contributed by atoms with Gasteiger partial charge in [-0.15, -0.1) is 11.6 Å². The van der Waals surface area contributed by atoms with Crippen LogP contribution in [0.3, 0.4) is 0 Å². The van der Waals surface area contributed by atoms with E-state index in [1.807, 2.05) is 31.3 Å². The van der Waals surface area contributed by atoms with Gasteiger partial charge in [0.2, 0.25) is 0 Å². The summed E-state index contributed by atoms with van der Waals surface area (Å²) in [6.07, 6.45) is 0.659. The Balaban J connectivity index is 2.22. The zero-order valence-corrected chi connectivity index (χ0v) is 12.4. The first-order valence-electron chi connectivity index (χ1n) is 6.45. The first kappa shape index (κ1) is 14.8. The number of halogens is 1. The van der Waals surface area contributed by atoms with Crippen molar-refractivity contribution in [2.45, 2.75) is 12.5 Å². The second-order valence-electron chi connectivity index (χ2n) is 4.59. The minimum absolute atomic E-state index is 0.106. The lowest BCUT2D eigenvalue weighted by molar-refractivity contribution is 0.0891. The fraction of sp³-hybridized carbons (Fsp3) is 0.429. The number of ether oxygens (including phenoxy) is 1. The van der Waals surface area contributed by atoms with E-state index in [0.29, 0.717) is 24.6 Å². The second kappa shape index (κ2) is 6.72. The lowest BCUT2D eigenvalue weighted by atomic mass is 10.2. The Hall–Kier alpha value is -1.59. The molecule has 0 bridgehead atoms. The molecule has 0 saturated carbocycles. The van der Waals surface area contributed by atoms with E-state index in [2.05, 4.69) is 10.4 Å². The van der Waals surface area contributed by atoms with Gasteiger partial charge < -0.3 is 10.1 Å². The molecule has 1 aromatic heterocycles. The van der Waals surface area contributed by atoms with Crippen molar-refractivity contribution in [1.29, 1.82) is 0 Å². The fourth-order valence-corrected chi connectivity index (χ4v) is 2.43. The molecule has 1 amide bonds. The number of aromatic nitrogens is 2. The average molecular weight is 296 g/mol. The first-order chi connectivity index (χ1) is 9.67. The van der Waals surface area contributed by atoms with E-state index in [4.69, 9.17) is 16.3 Å². The number of nitrogens with one attached hydrogen (secondary N) is 1. The molecule has 5 nitrogen and oxygen atoms in total. The third-order valence-corrected chi connectivity index (χ3v) is 3.35. The molecule has 0 fully saturated rings. The summed E-state index contributed by atoms with van der Waals surface area (Å²) in [4.78, 5) is 12.3. The monoisotopic (exact) mass is 295 g/mol. The van der Waals surface area contributed by atoms with Crippen LogP contribution >= 0.6 is 11.6 Å². The summed E-state index contributed by atoms with van der Waals surface area (Å²) < 4.78 is 6.79. The Kier molecular flexibility index (Phi) is 4.98. The molecular weight excluding hydrogens is 278 g/mol. The molecule has 1 heterocycles. The highest BCUT2D eigenvalue weighted by Gasteiger charge is 2.19. The summed E-state index contributed by atoms with van der Waals surface area (Å²) in [5, 5.41) is 8.05. The largest absolute Gasteiger partial charge is 0.383 e. The topological polar surface area (TPSA) is 56.1 Å². The van der Waals surface area contributed by atoms with Crippen LogP contribution < -0.4 is 5.32 Å². The number of alkyl halides is 1. The van der Waals surface area contributed by atoms with Crippen molar-refractivity contribution in [3.05, 3.63) is 30.0 Å². The van der Waals surface area contributed by atoms with Gasteiger partial charge in [-0.1, -0.05) is 18.2 Å². The summed E-state index contributed by atoms with van der Waals surface area (Å²) in [7, 11) is 3.42. The van der Waals surface area contributed by atoms with Crippen molar-refractivity contribution in [1.82, 2.24) is 15.1 Å². The van der Waals surface area contributed by atoms with Gasteiger partial charge in [-0.2, -0.15) is 5.10 Å². The normalized spacial score (nSPS) is 12.6. The number of nitrogens with zero attached hydrogens (tertiary/aromatic N) is 2. The van der Waals surface area contributed by atoms with Crippen LogP contribution in [0.4, 0.5) is 0 Å². The van der Waals surface area contributed by atoms with Crippen molar-refractivity contribution in [2.75, 3.05) is 19.6 Å². The molecule has 1 atom stereocenters. The number of hydrogen-bond acceptors (Lipinski definition) is 3. The van der Waals surface area contributed by atoms with Crippen molar-refractivity contribution >= 4 is 28.4 Å². The van der Waals surface area contributed by atoms with Crippen molar-refractivity contribution < 1.29 is 9.53 Å². The zero-order chi connectivity index (χ0) is 14.5. The van der Waals surface area contributed by atoms with E-state index in [0.717, 1.165) is 10.9 Å². The maximum atomic E-state index is 12.3. The molecule has 6 heteroatoms. The Morgan fingerprint density at radius 1 is 1.50 bits per heavy atom. The number of aryl methyl sites for hydroxylation is 1. The van der Waals surface area contributed by atoms with Crippen LogP contribution in [0.15, 0.2) is 24.3 Å². The van der Waals surface area contributed by atoms with Crippen LogP contribution in [0.2, 0.25) is 0 Å². The summed E-state index contributed by atoms with van der Waals surface area (Å²) in [6, 6.07) is 7.54. The van der Waals surface area contributed by atoms with E-state index >= 15 is 0 Å². The number of rotatable bonds is 6. The SMILES string of the molecule is COCC(CCCl)NC(=O)c1nn(C)c2ccccc12. The van der Waals surface area contributed by atoms with Crippen LogP contribution in [0.1, 0.15) is 16.9 Å². The van der Waals surface area contributed by atoms with Crippen molar-refractivity contribution in [2.24, 2.45) is 7.05 Å². The first-order valence-corrected chi connectivity index (χ1v) is 6.98. The second-order valence-corrected chi connectivity index (χ2v) is 4.97. The van der Waals surface area contributed by atoms with Gasteiger partial charge in [0.25, 0.3) is 5.91 Å². The number of hydrogen-bond donors (Lipinski definition) is 1. The van der Waals surface area contributed by atoms with Gasteiger partial charge >= 0.3 is 0 Å². The number of fused-ring (bicyclic) bond motifs is 1. The molecular formula is C14H18ClN3O2. The molecule has 0 saturated heterocycles. The molecule has 2 aromatic rings. The maximum absolute atomic E-state index is 12.3. The Labute approximate surface area is 122 Å². The van der Waals surface area contributed by atoms with Crippen LogP contribution in [0, 0.1) is 0 Å². The molecule has 0 radical (unpaired) electrons. The highest BCUT2D eigenvalue weighted by Crippen LogP contribution is 2.17. The Morgan fingerprint density at radius 3 is 2.95 bits per heavy atom. The van der Waals surface area contributed by atoms with E-state index in [1.54, 1.807) is 11.8 Å². The smallest absolute Gasteiger partial charge is 0.272 e. The van der Waals surface area contributed by atoms with Gasteiger partial charge in [-0.05, 0) is 12.5 Å². The standard InChI is InChI=1S/C14H18ClN3O2/c1-18-12-6-4-3-5-11(12)13(17-18)14(19)16-10(7-8-15)9-20-2/h3-6,10H,7-9H2,1-2H3,(H,16,19).